The molecular weight excluding hydrogens is 352 g/mol. The Balaban J connectivity index is 2.39. The zero-order valence-electron chi connectivity index (χ0n) is 15.3. The van der Waals surface area contributed by atoms with E-state index in [0.29, 0.717) is 6.42 Å². The third kappa shape index (κ3) is 8.06. The van der Waals surface area contributed by atoms with Crippen molar-refractivity contribution in [1.29, 1.82) is 0 Å². The molecule has 4 heteroatoms. The summed E-state index contributed by atoms with van der Waals surface area (Å²) < 4.78 is -0.807. The molecule has 1 rings (SSSR count). The molecule has 1 aromatic rings. The van der Waals surface area contributed by atoms with Gasteiger partial charge in [0.1, 0.15) is 5.78 Å². The van der Waals surface area contributed by atoms with Crippen LogP contribution in [-0.2, 0) is 16.0 Å². The van der Waals surface area contributed by atoms with Crippen LogP contribution in [-0.4, -0.2) is 15.6 Å². The first kappa shape index (κ1) is 21.7. The first-order chi connectivity index (χ1) is 11.8. The molecule has 0 radical (unpaired) electrons. The van der Waals surface area contributed by atoms with Crippen molar-refractivity contribution in [1.82, 2.24) is 0 Å². The van der Waals surface area contributed by atoms with E-state index in [4.69, 9.17) is 11.6 Å². The fourth-order valence-electron chi connectivity index (χ4n) is 2.41. The predicted molar refractivity (Wildman–Crippen MR) is 109 cm³/mol. The molecule has 0 bridgehead atoms. The number of Topliss-reactive ketones (excluding diaryl/α,β-unsaturated/α-hetero) is 1. The Kier molecular flexibility index (Phi) is 9.23. The third-order valence-electron chi connectivity index (χ3n) is 4.11. The lowest BCUT2D eigenvalue weighted by molar-refractivity contribution is -0.118. The van der Waals surface area contributed by atoms with Gasteiger partial charge in [-0.05, 0) is 57.7 Å². The number of thioether (sulfide) groups is 1. The Labute approximate surface area is 160 Å². The van der Waals surface area contributed by atoms with Crippen LogP contribution in [0, 0.1) is 0 Å². The Morgan fingerprint density at radius 1 is 1.16 bits per heavy atom. The summed E-state index contributed by atoms with van der Waals surface area (Å²) in [6, 6.07) is 7.88. The van der Waals surface area contributed by atoms with E-state index >= 15 is 0 Å². The van der Waals surface area contributed by atoms with Gasteiger partial charge in [-0.2, -0.15) is 0 Å². The van der Waals surface area contributed by atoms with E-state index in [2.05, 4.69) is 6.58 Å². The molecule has 0 amide bonds. The number of hydrogen-bond acceptors (Lipinski definition) is 3. The molecule has 0 fully saturated rings. The number of benzene rings is 1. The molecule has 1 aromatic carbocycles. The van der Waals surface area contributed by atoms with Crippen molar-refractivity contribution in [2.45, 2.75) is 57.6 Å². The van der Waals surface area contributed by atoms with Gasteiger partial charge in [0.2, 0.25) is 0 Å². The van der Waals surface area contributed by atoms with E-state index in [9.17, 15) is 9.59 Å². The Morgan fingerprint density at radius 3 is 2.36 bits per heavy atom. The fourth-order valence-corrected chi connectivity index (χ4v) is 3.64. The summed E-state index contributed by atoms with van der Waals surface area (Å²) in [7, 11) is 0. The van der Waals surface area contributed by atoms with Gasteiger partial charge in [0.15, 0.2) is 5.12 Å². The highest BCUT2D eigenvalue weighted by Gasteiger charge is 2.30. The first-order valence-electron chi connectivity index (χ1n) is 8.56. The van der Waals surface area contributed by atoms with Crippen LogP contribution in [0.4, 0.5) is 0 Å². The minimum Gasteiger partial charge on any atom is -0.298 e. The summed E-state index contributed by atoms with van der Waals surface area (Å²) >= 11 is 7.00. The number of unbranched alkanes of at least 4 members (excludes halogenated alkanes) is 2. The highest BCUT2D eigenvalue weighted by Crippen LogP contribution is 2.31. The maximum atomic E-state index is 12.2. The highest BCUT2D eigenvalue weighted by atomic mass is 35.5. The van der Waals surface area contributed by atoms with Crippen LogP contribution in [0.15, 0.2) is 48.6 Å². The molecule has 1 atom stereocenters. The van der Waals surface area contributed by atoms with Crippen LogP contribution in [0.25, 0.3) is 0 Å². The molecule has 0 aliphatic rings. The van der Waals surface area contributed by atoms with Crippen molar-refractivity contribution in [3.8, 4) is 0 Å². The third-order valence-corrected chi connectivity index (χ3v) is 5.62. The van der Waals surface area contributed by atoms with Gasteiger partial charge in [-0.15, -0.1) is 0 Å². The molecule has 0 spiro atoms. The van der Waals surface area contributed by atoms with Crippen molar-refractivity contribution in [3.05, 3.63) is 59.2 Å². The molecule has 2 nitrogen and oxygen atoms in total. The van der Waals surface area contributed by atoms with Crippen LogP contribution in [0.2, 0.25) is 5.02 Å². The summed E-state index contributed by atoms with van der Waals surface area (Å²) in [4.78, 5) is 24.2. The van der Waals surface area contributed by atoms with Gasteiger partial charge in [0.25, 0.3) is 0 Å². The predicted octanol–water partition coefficient (Wildman–Crippen LogP) is 6.18. The lowest BCUT2D eigenvalue weighted by atomic mass is 10.0. The second-order valence-electron chi connectivity index (χ2n) is 6.42. The summed E-state index contributed by atoms with van der Waals surface area (Å²) in [5.74, 6) is -0.0187. The topological polar surface area (TPSA) is 34.1 Å². The minimum absolute atomic E-state index is 0.0187. The normalized spacial score (nSPS) is 14.0. The van der Waals surface area contributed by atoms with Crippen molar-refractivity contribution >= 4 is 34.3 Å². The van der Waals surface area contributed by atoms with Crippen molar-refractivity contribution < 1.29 is 9.59 Å². The maximum absolute atomic E-state index is 12.2. The van der Waals surface area contributed by atoms with E-state index in [0.717, 1.165) is 48.0 Å². The second kappa shape index (κ2) is 10.6. The number of ketones is 1. The van der Waals surface area contributed by atoms with Gasteiger partial charge in [0.05, 0.1) is 4.75 Å². The van der Waals surface area contributed by atoms with Crippen molar-refractivity contribution in [2.75, 3.05) is 0 Å². The first-order valence-corrected chi connectivity index (χ1v) is 9.75. The number of carbonyl (C=O) groups is 2. The Bertz CT molecular complexity index is 634. The fraction of sp³-hybridized carbons (Fsp3) is 0.429. The zero-order chi connectivity index (χ0) is 18.9. The standard InChI is InChI=1S/C21H27ClO2S/c1-5-16(2)15-21(4,17(3)23)25-20(24)10-8-6-7-9-18-11-13-19(22)14-12-18/h5,11-15H,1,6-10H2,2-4H3/b16-15+/t21-/m1/s1. The van der Waals surface area contributed by atoms with E-state index < -0.39 is 4.75 Å². The molecule has 0 heterocycles. The summed E-state index contributed by atoms with van der Waals surface area (Å²) in [5, 5.41) is 0.818. The number of halogens is 1. The molecule has 0 unspecified atom stereocenters. The highest BCUT2D eigenvalue weighted by molar-refractivity contribution is 8.15. The summed E-state index contributed by atoms with van der Waals surface area (Å²) in [5.41, 5.74) is 2.17. The second-order valence-corrected chi connectivity index (χ2v) is 8.36. The molecule has 0 saturated heterocycles. The molecule has 0 aromatic heterocycles. The molecule has 0 N–H and O–H groups in total. The number of aryl methyl sites for hydroxylation is 1. The smallest absolute Gasteiger partial charge is 0.190 e. The summed E-state index contributed by atoms with van der Waals surface area (Å²) in [6.07, 6.45) is 7.89. The van der Waals surface area contributed by atoms with Crippen LogP contribution in [0.1, 0.15) is 52.0 Å². The maximum Gasteiger partial charge on any atom is 0.190 e. The molecule has 0 aliphatic carbocycles. The van der Waals surface area contributed by atoms with Gasteiger partial charge in [0, 0.05) is 11.4 Å². The number of carbonyl (C=O) groups excluding carboxylic acids is 2. The number of rotatable bonds is 10. The van der Waals surface area contributed by atoms with Crippen LogP contribution in [0.3, 0.4) is 0 Å². The monoisotopic (exact) mass is 378 g/mol. The zero-order valence-corrected chi connectivity index (χ0v) is 16.9. The average molecular weight is 379 g/mol. The molecule has 136 valence electrons. The lowest BCUT2D eigenvalue weighted by Crippen LogP contribution is -2.29. The van der Waals surface area contributed by atoms with E-state index in [-0.39, 0.29) is 10.9 Å². The molecule has 25 heavy (non-hydrogen) atoms. The quantitative estimate of drug-likeness (QED) is 0.360. The van der Waals surface area contributed by atoms with Crippen LogP contribution < -0.4 is 0 Å². The lowest BCUT2D eigenvalue weighted by Gasteiger charge is -2.22. The number of hydrogen-bond donors (Lipinski definition) is 0. The van der Waals surface area contributed by atoms with Gasteiger partial charge < -0.3 is 0 Å². The summed E-state index contributed by atoms with van der Waals surface area (Å²) in [6.45, 7) is 8.91. The van der Waals surface area contributed by atoms with E-state index in [1.54, 1.807) is 13.0 Å². The van der Waals surface area contributed by atoms with Crippen LogP contribution >= 0.6 is 23.4 Å². The average Bonchev–Trinajstić information content (AvgIpc) is 2.55. The van der Waals surface area contributed by atoms with Gasteiger partial charge >= 0.3 is 0 Å². The molecule has 0 saturated carbocycles. The molecule has 0 aliphatic heterocycles. The molecular formula is C21H27ClO2S. The Hall–Kier alpha value is -1.32. The largest absolute Gasteiger partial charge is 0.298 e. The van der Waals surface area contributed by atoms with Gasteiger partial charge in [-0.25, -0.2) is 0 Å². The van der Waals surface area contributed by atoms with E-state index in [1.807, 2.05) is 37.3 Å². The van der Waals surface area contributed by atoms with Gasteiger partial charge in [-0.3, -0.25) is 9.59 Å². The Morgan fingerprint density at radius 2 is 1.80 bits per heavy atom. The minimum atomic E-state index is -0.807. The van der Waals surface area contributed by atoms with Gasteiger partial charge in [-0.1, -0.05) is 66.2 Å². The number of allylic oxidation sites excluding steroid dienone is 2. The SMILES string of the molecule is C=C/C(C)=C/[C@@](C)(SC(=O)CCCCCc1ccc(Cl)cc1)C(C)=O. The van der Waals surface area contributed by atoms with E-state index in [1.165, 1.54) is 12.5 Å². The van der Waals surface area contributed by atoms with Crippen molar-refractivity contribution in [2.24, 2.45) is 0 Å². The van der Waals surface area contributed by atoms with Crippen molar-refractivity contribution in [3.63, 3.8) is 0 Å². The van der Waals surface area contributed by atoms with Crippen LogP contribution in [0.5, 0.6) is 0 Å².